The van der Waals surface area contributed by atoms with Crippen molar-refractivity contribution in [1.82, 2.24) is 0 Å². The molecule has 0 unspecified atom stereocenters. The summed E-state index contributed by atoms with van der Waals surface area (Å²) in [5, 5.41) is 0. The van der Waals surface area contributed by atoms with E-state index in [9.17, 15) is 0 Å². The van der Waals surface area contributed by atoms with Gasteiger partial charge in [-0.2, -0.15) is 8.42 Å². The molecule has 0 fully saturated rings. The Morgan fingerprint density at radius 3 is 0.938 bits per heavy atom. The Labute approximate surface area is 243 Å². The number of ether oxygens (including phenoxy) is 1. The summed E-state index contributed by atoms with van der Waals surface area (Å²) in [6, 6.07) is 0. The molecule has 0 bridgehead atoms. The Morgan fingerprint density at radius 1 is 0.531 bits per heavy atom. The first-order valence-corrected chi connectivity index (χ1v) is 14.1. The predicted molar refractivity (Wildman–Crippen MR) is 138 cm³/mol. The van der Waals surface area contributed by atoms with Gasteiger partial charge in [-0.25, -0.2) is 0 Å². The Morgan fingerprint density at radius 2 is 0.719 bits per heavy atom. The molecule has 0 aromatic heterocycles. The van der Waals surface area contributed by atoms with E-state index in [0.29, 0.717) is 0 Å². The molecule has 32 heavy (non-hydrogen) atoms. The summed E-state index contributed by atoms with van der Waals surface area (Å²) < 4.78 is 37.4. The molecule has 0 spiro atoms. The van der Waals surface area contributed by atoms with Gasteiger partial charge in [0.1, 0.15) is 0 Å². The van der Waals surface area contributed by atoms with Gasteiger partial charge in [0, 0.05) is 13.2 Å². The maximum absolute atomic E-state index is 8.74. The largest absolute Gasteiger partial charge is 2.00 e. The first-order valence-electron chi connectivity index (χ1n) is 12.7. The molecule has 0 aromatic carbocycles. The molecule has 0 atom stereocenters. The van der Waals surface area contributed by atoms with Crippen molar-refractivity contribution in [3.63, 3.8) is 0 Å². The van der Waals surface area contributed by atoms with E-state index in [0.717, 1.165) is 13.2 Å². The molecule has 0 rings (SSSR count). The molecule has 0 amide bonds. The van der Waals surface area contributed by atoms with Gasteiger partial charge in [-0.1, -0.05) is 129 Å². The van der Waals surface area contributed by atoms with Crippen LogP contribution in [0.3, 0.4) is 0 Å². The molecule has 0 aliphatic carbocycles. The van der Waals surface area contributed by atoms with Crippen LogP contribution in [0.1, 0.15) is 147 Å². The van der Waals surface area contributed by atoms with E-state index in [1.807, 2.05) is 0 Å². The van der Waals surface area contributed by atoms with Crippen molar-refractivity contribution in [3.8, 4) is 0 Å². The summed E-state index contributed by atoms with van der Waals surface area (Å²) in [5.74, 6) is 0. The first kappa shape index (κ1) is 40.8. The molecule has 0 heterocycles. The molecule has 2 N–H and O–H groups in total. The van der Waals surface area contributed by atoms with Crippen LogP contribution in [0.25, 0.3) is 0 Å². The number of hydrogen-bond acceptors (Lipinski definition) is 3. The maximum atomic E-state index is 8.74. The predicted octanol–water partition coefficient (Wildman–Crippen LogP) is 5.15. The second-order valence-corrected chi connectivity index (χ2v) is 9.32. The van der Waals surface area contributed by atoms with E-state index in [1.165, 1.54) is 128 Å². The second-order valence-electron chi connectivity index (χ2n) is 8.42. The van der Waals surface area contributed by atoms with Gasteiger partial charge in [0.2, 0.25) is 0 Å². The Hall–Kier alpha value is 1.60. The molecule has 0 radical (unpaired) electrons. The minimum Gasteiger partial charge on any atom is -1.00 e. The fourth-order valence-corrected chi connectivity index (χ4v) is 3.49. The first-order chi connectivity index (χ1) is 14.4. The van der Waals surface area contributed by atoms with Gasteiger partial charge in [0.15, 0.2) is 0 Å². The standard InChI is InChI=1S/C24H50O.Mg.Na.H2O4S.3H/c1-3-5-7-9-11-13-15-17-19-21-23-25-24-22-20-18-16-14-12-10-8-6-4-2;;;1-5(2,3)4;;;/h3-24H2,1-2H3;;;(H2,1,2,3,4);;;/q;+2;+1;;3*-1. The average Bonchev–Trinajstić information content (AvgIpc) is 2.68. The van der Waals surface area contributed by atoms with E-state index >= 15 is 0 Å². The van der Waals surface area contributed by atoms with Crippen molar-refractivity contribution in [2.75, 3.05) is 13.2 Å². The molecule has 190 valence electrons. The molecule has 0 aliphatic rings. The van der Waals surface area contributed by atoms with Crippen molar-refractivity contribution in [1.29, 1.82) is 0 Å². The second kappa shape index (κ2) is 34.8. The van der Waals surface area contributed by atoms with Gasteiger partial charge in [-0.3, -0.25) is 9.11 Å². The van der Waals surface area contributed by atoms with Crippen LogP contribution >= 0.6 is 0 Å². The van der Waals surface area contributed by atoms with Gasteiger partial charge >= 0.3 is 63.0 Å². The van der Waals surface area contributed by atoms with Crippen molar-refractivity contribution in [3.05, 3.63) is 0 Å². The fourth-order valence-electron chi connectivity index (χ4n) is 3.49. The van der Waals surface area contributed by atoms with E-state index < -0.39 is 10.4 Å². The van der Waals surface area contributed by atoms with Crippen LogP contribution in [0, 0.1) is 0 Å². The van der Waals surface area contributed by atoms with Crippen LogP contribution in [0.4, 0.5) is 0 Å². The van der Waals surface area contributed by atoms with Gasteiger partial charge in [-0.05, 0) is 12.8 Å². The summed E-state index contributed by atoms with van der Waals surface area (Å²) in [6.45, 7) is 6.57. The van der Waals surface area contributed by atoms with Crippen molar-refractivity contribution in [2.45, 2.75) is 142 Å². The minimum absolute atomic E-state index is 0. The zero-order chi connectivity index (χ0) is 22.8. The Kier molecular flexibility index (Phi) is 44.3. The molecular weight excluding hydrogens is 448 g/mol. The zero-order valence-electron chi connectivity index (χ0n) is 24.8. The average molecular weight is 503 g/mol. The third-order valence-corrected chi connectivity index (χ3v) is 5.28. The molecule has 0 aliphatic heterocycles. The SMILES string of the molecule is CCCCCCCCCCCCOCCCCCCCCCCCC.O=S(=O)(O)O.[H-].[H-].[H-].[Mg+2].[Na+]. The van der Waals surface area contributed by atoms with Crippen LogP contribution in [0.15, 0.2) is 0 Å². The molecule has 8 heteroatoms. The molecule has 0 saturated heterocycles. The monoisotopic (exact) mass is 502 g/mol. The molecular formula is C24H55MgNaO5S. The maximum Gasteiger partial charge on any atom is 2.00 e. The van der Waals surface area contributed by atoms with Crippen LogP contribution in [-0.4, -0.2) is 53.8 Å². The van der Waals surface area contributed by atoms with E-state index in [2.05, 4.69) is 13.8 Å². The summed E-state index contributed by atoms with van der Waals surface area (Å²) in [7, 11) is -4.67. The summed E-state index contributed by atoms with van der Waals surface area (Å²) in [5.41, 5.74) is 0. The van der Waals surface area contributed by atoms with Crippen molar-refractivity contribution >= 4 is 33.5 Å². The summed E-state index contributed by atoms with van der Waals surface area (Å²) in [6.07, 6.45) is 28.2. The fraction of sp³-hybridized carbons (Fsp3) is 1.00. The Balaban J connectivity index is -0.000000142. The third-order valence-electron chi connectivity index (χ3n) is 5.28. The smallest absolute Gasteiger partial charge is 1.00 e. The zero-order valence-corrected chi connectivity index (χ0v) is 26.0. The number of unbranched alkanes of at least 4 members (excludes halogenated alkanes) is 18. The van der Waals surface area contributed by atoms with Crippen molar-refractivity contribution < 1.29 is 56.1 Å². The topological polar surface area (TPSA) is 83.8 Å². The van der Waals surface area contributed by atoms with Crippen LogP contribution in [0.5, 0.6) is 0 Å². The van der Waals surface area contributed by atoms with Gasteiger partial charge < -0.3 is 9.02 Å². The van der Waals surface area contributed by atoms with E-state index in [4.69, 9.17) is 22.3 Å². The van der Waals surface area contributed by atoms with Crippen LogP contribution in [0.2, 0.25) is 0 Å². The normalized spacial score (nSPS) is 10.6. The van der Waals surface area contributed by atoms with Gasteiger partial charge in [-0.15, -0.1) is 0 Å². The molecule has 0 aromatic rings. The van der Waals surface area contributed by atoms with E-state index in [-0.39, 0.29) is 56.9 Å². The van der Waals surface area contributed by atoms with Crippen molar-refractivity contribution in [2.24, 2.45) is 0 Å². The quantitative estimate of drug-likeness (QED) is 0.121. The molecule has 0 saturated carbocycles. The summed E-state index contributed by atoms with van der Waals surface area (Å²) in [4.78, 5) is 0. The van der Waals surface area contributed by atoms with Gasteiger partial charge in [0.25, 0.3) is 0 Å². The van der Waals surface area contributed by atoms with E-state index in [1.54, 1.807) is 0 Å². The van der Waals surface area contributed by atoms with Crippen LogP contribution < -0.4 is 29.6 Å². The summed E-state index contributed by atoms with van der Waals surface area (Å²) >= 11 is 0. The van der Waals surface area contributed by atoms with Gasteiger partial charge in [0.05, 0.1) is 0 Å². The third kappa shape index (κ3) is 53.1. The Bertz CT molecular complexity index is 396. The number of hydrogen-bond donors (Lipinski definition) is 2. The number of rotatable bonds is 22. The molecule has 5 nitrogen and oxygen atoms in total. The minimum atomic E-state index is -4.67. The van der Waals surface area contributed by atoms with Crippen LogP contribution in [-0.2, 0) is 15.1 Å².